The van der Waals surface area contributed by atoms with Gasteiger partial charge in [0.1, 0.15) is 6.17 Å². The van der Waals surface area contributed by atoms with Crippen molar-refractivity contribution in [2.75, 3.05) is 0 Å². The Morgan fingerprint density at radius 2 is 2.36 bits per heavy atom. The third-order valence-electron chi connectivity index (χ3n) is 1.62. The quantitative estimate of drug-likeness (QED) is 0.316. The van der Waals surface area contributed by atoms with E-state index < -0.39 is 0 Å². The molecule has 1 aliphatic heterocycles. The van der Waals surface area contributed by atoms with E-state index in [1.807, 2.05) is 13.8 Å². The summed E-state index contributed by atoms with van der Waals surface area (Å²) in [6.07, 6.45) is -0.306. The Hall–Kier alpha value is 0.120. The maximum absolute atomic E-state index is 8.75. The Balaban J connectivity index is 2.81. The van der Waals surface area contributed by atoms with Crippen LogP contribution >= 0.6 is 24.0 Å². The van der Waals surface area contributed by atoms with Gasteiger partial charge in [-0.05, 0) is 13.8 Å². The van der Waals surface area contributed by atoms with Crippen LogP contribution in [-0.4, -0.2) is 25.4 Å². The maximum Gasteiger partial charge on any atom is 0.152 e. The zero-order valence-corrected chi connectivity index (χ0v) is 8.00. The van der Waals surface area contributed by atoms with Crippen LogP contribution in [0.5, 0.6) is 0 Å². The van der Waals surface area contributed by atoms with Crippen molar-refractivity contribution in [3.05, 3.63) is 0 Å². The fourth-order valence-electron chi connectivity index (χ4n) is 0.992. The predicted octanol–water partition coefficient (Wildman–Crippen LogP) is 0.277. The van der Waals surface area contributed by atoms with Gasteiger partial charge in [0.05, 0.1) is 4.75 Å². The number of rotatable bonds is 1. The van der Waals surface area contributed by atoms with Gasteiger partial charge in [-0.25, -0.2) is 5.84 Å². The maximum atomic E-state index is 8.75. The van der Waals surface area contributed by atoms with Gasteiger partial charge in [-0.1, -0.05) is 24.0 Å². The Labute approximate surface area is 75.0 Å². The van der Waals surface area contributed by atoms with E-state index in [4.69, 9.17) is 23.3 Å². The van der Waals surface area contributed by atoms with Crippen molar-refractivity contribution in [1.82, 2.24) is 10.5 Å². The highest BCUT2D eigenvalue weighted by molar-refractivity contribution is 8.24. The minimum Gasteiger partial charge on any atom is -0.315 e. The summed E-state index contributed by atoms with van der Waals surface area (Å²) in [5.74, 6) is 5.56. The van der Waals surface area contributed by atoms with E-state index in [9.17, 15) is 0 Å². The summed E-state index contributed by atoms with van der Waals surface area (Å²) in [5.41, 5.74) is 2.13. The van der Waals surface area contributed by atoms with Crippen molar-refractivity contribution in [2.45, 2.75) is 24.8 Å². The molecule has 4 nitrogen and oxygen atoms in total. The molecule has 11 heavy (non-hydrogen) atoms. The second kappa shape index (κ2) is 2.87. The minimum absolute atomic E-state index is 0.180. The van der Waals surface area contributed by atoms with Crippen LogP contribution in [0.1, 0.15) is 13.8 Å². The molecule has 1 fully saturated rings. The molecule has 1 saturated heterocycles. The first kappa shape index (κ1) is 9.21. The second-order valence-corrected chi connectivity index (χ2v) is 5.20. The number of hydrogen-bond acceptors (Lipinski definition) is 5. The van der Waals surface area contributed by atoms with Crippen LogP contribution in [0.2, 0.25) is 0 Å². The van der Waals surface area contributed by atoms with Crippen LogP contribution in [0, 0.1) is 0 Å². The highest BCUT2D eigenvalue weighted by Crippen LogP contribution is 2.37. The predicted molar refractivity (Wildman–Crippen MR) is 49.0 cm³/mol. The van der Waals surface area contributed by atoms with Crippen molar-refractivity contribution < 1.29 is 5.21 Å². The molecule has 0 aromatic carbocycles. The standard InChI is InChI=1S/C5H11N3OS2/c1-5(2)3(7-9)8(6)4(10)11-5/h3,7,9H,6H2,1-2H3/t3-/m1/s1. The van der Waals surface area contributed by atoms with Gasteiger partial charge >= 0.3 is 0 Å². The average Bonchev–Trinajstić information content (AvgIpc) is 2.03. The molecular formula is C5H11N3OS2. The minimum atomic E-state index is -0.306. The fraction of sp³-hybridized carbons (Fsp3) is 0.800. The van der Waals surface area contributed by atoms with Gasteiger partial charge in [0.2, 0.25) is 0 Å². The van der Waals surface area contributed by atoms with Crippen molar-refractivity contribution in [2.24, 2.45) is 5.84 Å². The Bertz CT molecular complexity index is 185. The molecule has 0 spiro atoms. The first-order valence-electron chi connectivity index (χ1n) is 3.15. The molecule has 0 bridgehead atoms. The second-order valence-electron chi connectivity index (χ2n) is 2.91. The lowest BCUT2D eigenvalue weighted by atomic mass is 10.1. The number of nitrogens with one attached hydrogen (secondary N) is 1. The number of thiocarbonyl (C=S) groups is 1. The van der Waals surface area contributed by atoms with Gasteiger partial charge in [-0.15, -0.1) is 0 Å². The first-order chi connectivity index (χ1) is 4.99. The smallest absolute Gasteiger partial charge is 0.152 e. The van der Waals surface area contributed by atoms with E-state index in [-0.39, 0.29) is 10.9 Å². The normalized spacial score (nSPS) is 29.6. The van der Waals surface area contributed by atoms with Crippen molar-refractivity contribution in [3.8, 4) is 0 Å². The Morgan fingerprint density at radius 3 is 2.55 bits per heavy atom. The number of hydrogen-bond donors (Lipinski definition) is 3. The van der Waals surface area contributed by atoms with Crippen LogP contribution in [-0.2, 0) is 0 Å². The highest BCUT2D eigenvalue weighted by atomic mass is 32.2. The largest absolute Gasteiger partial charge is 0.315 e. The van der Waals surface area contributed by atoms with E-state index in [2.05, 4.69) is 5.48 Å². The van der Waals surface area contributed by atoms with Gasteiger partial charge in [-0.3, -0.25) is 5.01 Å². The zero-order chi connectivity index (χ0) is 8.65. The van der Waals surface area contributed by atoms with Gasteiger partial charge in [0.15, 0.2) is 4.32 Å². The van der Waals surface area contributed by atoms with Crippen molar-refractivity contribution in [1.29, 1.82) is 0 Å². The molecule has 1 heterocycles. The molecule has 0 saturated carbocycles. The molecular weight excluding hydrogens is 182 g/mol. The van der Waals surface area contributed by atoms with Gasteiger partial charge < -0.3 is 5.21 Å². The summed E-state index contributed by atoms with van der Waals surface area (Å²) < 4.78 is 0.419. The fourth-order valence-corrected chi connectivity index (χ4v) is 2.68. The molecule has 0 aromatic rings. The Morgan fingerprint density at radius 1 is 1.82 bits per heavy atom. The van der Waals surface area contributed by atoms with Gasteiger partial charge in [0, 0.05) is 0 Å². The number of nitrogens with two attached hydrogens (primary N) is 1. The number of nitrogens with zero attached hydrogens (tertiary/aromatic N) is 1. The Kier molecular flexibility index (Phi) is 2.40. The van der Waals surface area contributed by atoms with E-state index in [0.29, 0.717) is 4.32 Å². The summed E-state index contributed by atoms with van der Waals surface area (Å²) in [4.78, 5) is 0. The van der Waals surface area contributed by atoms with Crippen molar-refractivity contribution >= 4 is 28.3 Å². The molecule has 0 amide bonds. The summed E-state index contributed by atoms with van der Waals surface area (Å²) >= 11 is 6.42. The molecule has 4 N–H and O–H groups in total. The zero-order valence-electron chi connectivity index (χ0n) is 6.37. The van der Waals surface area contributed by atoms with Crippen LogP contribution in [0.15, 0.2) is 0 Å². The number of hydrazine groups is 1. The molecule has 0 aliphatic carbocycles. The van der Waals surface area contributed by atoms with Gasteiger partial charge in [0.25, 0.3) is 0 Å². The van der Waals surface area contributed by atoms with Gasteiger partial charge in [-0.2, -0.15) is 5.48 Å². The SMILES string of the molecule is CC1(C)SC(=S)N(N)[C@H]1NO. The van der Waals surface area contributed by atoms with Crippen LogP contribution in [0.25, 0.3) is 0 Å². The monoisotopic (exact) mass is 193 g/mol. The third-order valence-corrected chi connectivity index (χ3v) is 3.22. The molecule has 6 heteroatoms. The lowest BCUT2D eigenvalue weighted by molar-refractivity contribution is 0.0570. The molecule has 0 radical (unpaired) electrons. The number of thioether (sulfide) groups is 1. The summed E-state index contributed by atoms with van der Waals surface area (Å²) in [7, 11) is 0. The summed E-state index contributed by atoms with van der Waals surface area (Å²) in [6, 6.07) is 0. The topological polar surface area (TPSA) is 61.5 Å². The average molecular weight is 193 g/mol. The lowest BCUT2D eigenvalue weighted by Gasteiger charge is -2.26. The molecule has 1 atom stereocenters. The van der Waals surface area contributed by atoms with Crippen LogP contribution < -0.4 is 11.3 Å². The number of hydroxylamine groups is 1. The highest BCUT2D eigenvalue weighted by Gasteiger charge is 2.43. The molecule has 1 rings (SSSR count). The molecule has 0 aromatic heterocycles. The molecule has 64 valence electrons. The summed E-state index contributed by atoms with van der Waals surface area (Å²) in [6.45, 7) is 3.93. The first-order valence-corrected chi connectivity index (χ1v) is 4.38. The summed E-state index contributed by atoms with van der Waals surface area (Å²) in [5, 5.41) is 10.1. The third kappa shape index (κ3) is 1.50. The van der Waals surface area contributed by atoms with Crippen molar-refractivity contribution in [3.63, 3.8) is 0 Å². The van der Waals surface area contributed by atoms with E-state index in [1.54, 1.807) is 0 Å². The van der Waals surface area contributed by atoms with Crippen LogP contribution in [0.3, 0.4) is 0 Å². The molecule has 0 unspecified atom stereocenters. The van der Waals surface area contributed by atoms with Crippen LogP contribution in [0.4, 0.5) is 0 Å². The van der Waals surface area contributed by atoms with E-state index >= 15 is 0 Å². The molecule has 1 aliphatic rings. The lowest BCUT2D eigenvalue weighted by Crippen LogP contribution is -2.53. The van der Waals surface area contributed by atoms with E-state index in [0.717, 1.165) is 0 Å². The van der Waals surface area contributed by atoms with E-state index in [1.165, 1.54) is 16.8 Å².